The lowest BCUT2D eigenvalue weighted by molar-refractivity contribution is -0.149. The molecule has 0 N–H and O–H groups in total. The van der Waals surface area contributed by atoms with Gasteiger partial charge >= 0.3 is 5.97 Å². The number of ether oxygens (including phenoxy) is 1. The smallest absolute Gasteiger partial charge is 0.303 e. The molecule has 0 aromatic carbocycles. The summed E-state index contributed by atoms with van der Waals surface area (Å²) >= 11 is 0. The van der Waals surface area contributed by atoms with Crippen molar-refractivity contribution in [2.45, 2.75) is 59.0 Å². The molecule has 0 heterocycles. The zero-order valence-corrected chi connectivity index (χ0v) is 15.2. The van der Waals surface area contributed by atoms with Crippen molar-refractivity contribution in [1.82, 2.24) is 0 Å². The Bertz CT molecular complexity index is 717. The fourth-order valence-electron chi connectivity index (χ4n) is 6.15. The summed E-state index contributed by atoms with van der Waals surface area (Å²) in [4.78, 5) is 36.8. The molecule has 0 radical (unpaired) electrons. The first-order valence-corrected chi connectivity index (χ1v) is 9.40. The van der Waals surface area contributed by atoms with E-state index in [1.54, 1.807) is 6.08 Å². The van der Waals surface area contributed by atoms with E-state index in [1.165, 1.54) is 6.92 Å². The normalized spacial score (nSPS) is 45.3. The average Bonchev–Trinajstić information content (AvgIpc) is 2.83. The van der Waals surface area contributed by atoms with E-state index in [-0.39, 0.29) is 46.4 Å². The number of Topliss-reactive ketones (excluding diaryl/α,β-unsaturated/α-hetero) is 1. The standard InChI is InChI=1S/C21H26O4/c1-12(22)25-14-5-4-13-10-17(23)19-15-6-7-18(24)20(15,2)9-8-16(19)21(13,3)11-14/h4-5,10,14-16,19H,6-9,11H2,1-3H3/t14-,15-,16-,19-,20-,21-/m0/s1. The average molecular weight is 342 g/mol. The van der Waals surface area contributed by atoms with Crippen molar-refractivity contribution in [2.24, 2.45) is 28.6 Å². The van der Waals surface area contributed by atoms with Gasteiger partial charge in [-0.1, -0.05) is 19.9 Å². The van der Waals surface area contributed by atoms with Crippen LogP contribution in [0.5, 0.6) is 0 Å². The molecule has 2 saturated carbocycles. The Hall–Kier alpha value is -1.71. The van der Waals surface area contributed by atoms with Crippen LogP contribution in [0.4, 0.5) is 0 Å². The van der Waals surface area contributed by atoms with Crippen molar-refractivity contribution in [3.05, 3.63) is 23.8 Å². The molecule has 6 atom stereocenters. The first kappa shape index (κ1) is 16.7. The molecular weight excluding hydrogens is 316 g/mol. The molecule has 4 rings (SSSR count). The second-order valence-corrected chi connectivity index (χ2v) is 8.79. The first-order valence-electron chi connectivity index (χ1n) is 9.40. The fraction of sp³-hybridized carbons (Fsp3) is 0.667. The first-order chi connectivity index (χ1) is 11.8. The number of allylic oxidation sites excluding steroid dienone is 3. The number of rotatable bonds is 1. The molecular formula is C21H26O4. The molecule has 134 valence electrons. The van der Waals surface area contributed by atoms with Crippen LogP contribution in [0.2, 0.25) is 0 Å². The molecule has 0 unspecified atom stereocenters. The van der Waals surface area contributed by atoms with Gasteiger partial charge in [-0.05, 0) is 60.7 Å². The van der Waals surface area contributed by atoms with Gasteiger partial charge in [0.2, 0.25) is 0 Å². The van der Waals surface area contributed by atoms with E-state index in [9.17, 15) is 14.4 Å². The second kappa shape index (κ2) is 5.39. The summed E-state index contributed by atoms with van der Waals surface area (Å²) < 4.78 is 5.44. The summed E-state index contributed by atoms with van der Waals surface area (Å²) in [7, 11) is 0. The van der Waals surface area contributed by atoms with Crippen LogP contribution in [0.1, 0.15) is 52.9 Å². The van der Waals surface area contributed by atoms with Crippen LogP contribution in [-0.2, 0) is 19.1 Å². The highest BCUT2D eigenvalue weighted by molar-refractivity contribution is 5.97. The summed E-state index contributed by atoms with van der Waals surface area (Å²) in [5.74, 6) is 0.588. The molecule has 2 fully saturated rings. The minimum atomic E-state index is -0.321. The van der Waals surface area contributed by atoms with E-state index in [0.29, 0.717) is 12.2 Å². The molecule has 25 heavy (non-hydrogen) atoms. The van der Waals surface area contributed by atoms with Crippen LogP contribution in [0.15, 0.2) is 23.8 Å². The largest absolute Gasteiger partial charge is 0.458 e. The third kappa shape index (κ3) is 2.29. The van der Waals surface area contributed by atoms with Gasteiger partial charge in [0.1, 0.15) is 11.9 Å². The Labute approximate surface area is 148 Å². The number of carbonyl (C=O) groups excluding carboxylic acids is 3. The summed E-state index contributed by atoms with van der Waals surface area (Å²) in [6.45, 7) is 5.72. The topological polar surface area (TPSA) is 60.4 Å². The lowest BCUT2D eigenvalue weighted by atomic mass is 9.48. The summed E-state index contributed by atoms with van der Waals surface area (Å²) in [6.07, 6.45) is 9.38. The minimum Gasteiger partial charge on any atom is -0.458 e. The number of hydrogen-bond donors (Lipinski definition) is 0. The molecule has 4 aliphatic carbocycles. The van der Waals surface area contributed by atoms with Crippen LogP contribution >= 0.6 is 0 Å². The predicted molar refractivity (Wildman–Crippen MR) is 92.6 cm³/mol. The maximum absolute atomic E-state index is 13.0. The molecule has 0 amide bonds. The summed E-state index contributed by atoms with van der Waals surface area (Å²) in [6, 6.07) is 0. The summed E-state index contributed by atoms with van der Waals surface area (Å²) in [5, 5.41) is 0. The minimum absolute atomic E-state index is 0.0663. The molecule has 0 spiro atoms. The zero-order chi connectivity index (χ0) is 18.0. The Balaban J connectivity index is 1.72. The van der Waals surface area contributed by atoms with Crippen molar-refractivity contribution < 1.29 is 19.1 Å². The van der Waals surface area contributed by atoms with Crippen LogP contribution < -0.4 is 0 Å². The third-order valence-corrected chi connectivity index (χ3v) is 7.52. The number of carbonyl (C=O) groups is 3. The SMILES string of the molecule is CC(=O)O[C@H]1C=CC2=CC(=O)[C@@H]3[C@H](CC[C@]4(C)C(=O)CC[C@@H]34)[C@@]2(C)C1. The van der Waals surface area contributed by atoms with Crippen LogP contribution in [0.25, 0.3) is 0 Å². The molecule has 0 aromatic rings. The van der Waals surface area contributed by atoms with E-state index in [2.05, 4.69) is 13.8 Å². The van der Waals surface area contributed by atoms with E-state index in [1.807, 2.05) is 12.2 Å². The molecule has 0 bridgehead atoms. The van der Waals surface area contributed by atoms with Gasteiger partial charge in [-0.15, -0.1) is 0 Å². The highest BCUT2D eigenvalue weighted by Gasteiger charge is 2.60. The lowest BCUT2D eigenvalue weighted by Gasteiger charge is -2.55. The van der Waals surface area contributed by atoms with Crippen molar-refractivity contribution >= 4 is 17.5 Å². The maximum atomic E-state index is 13.0. The Kier molecular flexibility index (Phi) is 3.61. The van der Waals surface area contributed by atoms with E-state index >= 15 is 0 Å². The number of fused-ring (bicyclic) bond motifs is 5. The van der Waals surface area contributed by atoms with Gasteiger partial charge < -0.3 is 4.74 Å². The van der Waals surface area contributed by atoms with Gasteiger partial charge in [-0.3, -0.25) is 14.4 Å². The zero-order valence-electron chi connectivity index (χ0n) is 15.2. The molecule has 4 heteroatoms. The van der Waals surface area contributed by atoms with Gasteiger partial charge in [0.15, 0.2) is 5.78 Å². The van der Waals surface area contributed by atoms with Gasteiger partial charge in [0.25, 0.3) is 0 Å². The van der Waals surface area contributed by atoms with Gasteiger partial charge in [0.05, 0.1) is 0 Å². The van der Waals surface area contributed by atoms with Crippen molar-refractivity contribution in [3.63, 3.8) is 0 Å². The van der Waals surface area contributed by atoms with E-state index < -0.39 is 0 Å². The fourth-order valence-corrected chi connectivity index (χ4v) is 6.15. The van der Waals surface area contributed by atoms with Gasteiger partial charge in [0, 0.05) is 24.7 Å². The monoisotopic (exact) mass is 342 g/mol. The Morgan fingerprint density at radius 2 is 1.88 bits per heavy atom. The molecule has 0 aromatic heterocycles. The van der Waals surface area contributed by atoms with Crippen LogP contribution in [-0.4, -0.2) is 23.6 Å². The van der Waals surface area contributed by atoms with Gasteiger partial charge in [-0.25, -0.2) is 0 Å². The predicted octanol–water partition coefficient (Wildman–Crippen LogP) is 3.41. The molecule has 0 saturated heterocycles. The number of esters is 1. The van der Waals surface area contributed by atoms with Crippen molar-refractivity contribution in [1.29, 1.82) is 0 Å². The maximum Gasteiger partial charge on any atom is 0.303 e. The van der Waals surface area contributed by atoms with E-state index in [0.717, 1.165) is 31.3 Å². The third-order valence-electron chi connectivity index (χ3n) is 7.52. The Morgan fingerprint density at radius 1 is 1.16 bits per heavy atom. The van der Waals surface area contributed by atoms with Gasteiger partial charge in [-0.2, -0.15) is 0 Å². The molecule has 4 nitrogen and oxygen atoms in total. The lowest BCUT2D eigenvalue weighted by Crippen LogP contribution is -2.53. The summed E-state index contributed by atoms with van der Waals surface area (Å²) in [5.41, 5.74) is 0.578. The molecule has 0 aliphatic heterocycles. The van der Waals surface area contributed by atoms with Crippen molar-refractivity contribution in [3.8, 4) is 0 Å². The number of hydrogen-bond acceptors (Lipinski definition) is 4. The van der Waals surface area contributed by atoms with Crippen LogP contribution in [0.3, 0.4) is 0 Å². The molecule has 4 aliphatic rings. The highest BCUT2D eigenvalue weighted by atomic mass is 16.5. The quantitative estimate of drug-likeness (QED) is 0.685. The number of ketones is 2. The van der Waals surface area contributed by atoms with E-state index in [4.69, 9.17) is 4.74 Å². The Morgan fingerprint density at radius 3 is 2.60 bits per heavy atom. The highest BCUT2D eigenvalue weighted by Crippen LogP contribution is 2.62. The van der Waals surface area contributed by atoms with Crippen molar-refractivity contribution in [2.75, 3.05) is 0 Å². The van der Waals surface area contributed by atoms with Crippen LogP contribution in [0, 0.1) is 28.6 Å². The second-order valence-electron chi connectivity index (χ2n) is 8.79.